The number of aromatic nitrogens is 4. The minimum absolute atomic E-state index is 0.813. The zero-order valence-electron chi connectivity index (χ0n) is 13.1. The van der Waals surface area contributed by atoms with Gasteiger partial charge in [-0.1, -0.05) is 42.1 Å². The van der Waals surface area contributed by atoms with Crippen LogP contribution >= 0.6 is 11.8 Å². The molecule has 3 aromatic rings. The normalized spacial score (nSPS) is 10.7. The van der Waals surface area contributed by atoms with Crippen LogP contribution in [0.2, 0.25) is 0 Å². The Morgan fingerprint density at radius 2 is 1.87 bits per heavy atom. The lowest BCUT2D eigenvalue weighted by atomic mass is 10.2. The second kappa shape index (κ2) is 7.28. The van der Waals surface area contributed by atoms with Gasteiger partial charge in [0.15, 0.2) is 0 Å². The van der Waals surface area contributed by atoms with Gasteiger partial charge in [-0.3, -0.25) is 0 Å². The van der Waals surface area contributed by atoms with Crippen molar-refractivity contribution in [2.75, 3.05) is 12.9 Å². The quantitative estimate of drug-likeness (QED) is 0.651. The van der Waals surface area contributed by atoms with Crippen molar-refractivity contribution >= 4 is 11.8 Å². The molecule has 1 heterocycles. The summed E-state index contributed by atoms with van der Waals surface area (Å²) in [5.41, 5.74) is 3.44. The molecule has 0 bridgehead atoms. The molecule has 0 aliphatic heterocycles. The summed E-state index contributed by atoms with van der Waals surface area (Å²) in [5.74, 6) is 1.79. The highest BCUT2D eigenvalue weighted by Gasteiger charge is 2.10. The van der Waals surface area contributed by atoms with E-state index in [9.17, 15) is 0 Å². The van der Waals surface area contributed by atoms with E-state index in [0.29, 0.717) is 0 Å². The van der Waals surface area contributed by atoms with Crippen LogP contribution in [0.25, 0.3) is 5.69 Å². The molecule has 0 unspecified atom stereocenters. The van der Waals surface area contributed by atoms with E-state index in [-0.39, 0.29) is 0 Å². The van der Waals surface area contributed by atoms with Crippen LogP contribution in [-0.4, -0.2) is 33.1 Å². The van der Waals surface area contributed by atoms with Gasteiger partial charge in [-0.2, -0.15) is 4.68 Å². The summed E-state index contributed by atoms with van der Waals surface area (Å²) in [5, 5.41) is 12.9. The van der Waals surface area contributed by atoms with Gasteiger partial charge >= 0.3 is 0 Å². The van der Waals surface area contributed by atoms with Gasteiger partial charge in [0.25, 0.3) is 0 Å². The van der Waals surface area contributed by atoms with Crippen LogP contribution in [0, 0.1) is 6.92 Å². The maximum absolute atomic E-state index is 5.17. The van der Waals surface area contributed by atoms with Crippen molar-refractivity contribution in [1.82, 2.24) is 20.2 Å². The largest absolute Gasteiger partial charge is 0.497 e. The van der Waals surface area contributed by atoms with Crippen LogP contribution in [0.5, 0.6) is 5.75 Å². The number of aryl methyl sites for hydroxylation is 2. The molecule has 3 rings (SSSR count). The van der Waals surface area contributed by atoms with Crippen LogP contribution in [0.3, 0.4) is 0 Å². The third kappa shape index (κ3) is 3.71. The summed E-state index contributed by atoms with van der Waals surface area (Å²) in [4.78, 5) is 0. The topological polar surface area (TPSA) is 52.8 Å². The number of methoxy groups -OCH3 is 1. The molecule has 0 aliphatic rings. The molecule has 0 amide bonds. The second-order valence-electron chi connectivity index (χ2n) is 5.11. The summed E-state index contributed by atoms with van der Waals surface area (Å²) in [6.45, 7) is 2.06. The highest BCUT2D eigenvalue weighted by molar-refractivity contribution is 7.99. The van der Waals surface area contributed by atoms with Gasteiger partial charge in [0.2, 0.25) is 5.16 Å². The van der Waals surface area contributed by atoms with Gasteiger partial charge in [0.05, 0.1) is 12.8 Å². The summed E-state index contributed by atoms with van der Waals surface area (Å²) in [6, 6.07) is 16.2. The minimum Gasteiger partial charge on any atom is -0.497 e. The van der Waals surface area contributed by atoms with Crippen LogP contribution in [0.15, 0.2) is 53.7 Å². The Bertz CT molecular complexity index is 770. The molecule has 0 spiro atoms. The third-order valence-corrected chi connectivity index (χ3v) is 4.49. The number of nitrogens with zero attached hydrogens (tertiary/aromatic N) is 4. The number of hydrogen-bond donors (Lipinski definition) is 0. The standard InChI is InChI=1S/C17H18N4OS/c1-13-5-3-4-6-16(13)21-17(18-19-20-21)23-12-11-14-7-9-15(22-2)10-8-14/h3-10H,11-12H2,1-2H3. The molecule has 5 nitrogen and oxygen atoms in total. The predicted molar refractivity (Wildman–Crippen MR) is 91.3 cm³/mol. The van der Waals surface area contributed by atoms with E-state index in [1.807, 2.05) is 30.3 Å². The second-order valence-corrected chi connectivity index (χ2v) is 6.17. The van der Waals surface area contributed by atoms with E-state index < -0.39 is 0 Å². The fourth-order valence-corrected chi connectivity index (χ4v) is 3.15. The van der Waals surface area contributed by atoms with Gasteiger partial charge in [0, 0.05) is 5.75 Å². The first-order valence-corrected chi connectivity index (χ1v) is 8.36. The SMILES string of the molecule is COc1ccc(CCSc2nnnn2-c2ccccc2C)cc1. The molecule has 23 heavy (non-hydrogen) atoms. The smallest absolute Gasteiger partial charge is 0.214 e. The Kier molecular flexibility index (Phi) is 4.92. The lowest BCUT2D eigenvalue weighted by Crippen LogP contribution is -2.02. The zero-order chi connectivity index (χ0) is 16.1. The Morgan fingerprint density at radius 1 is 1.09 bits per heavy atom. The van der Waals surface area contributed by atoms with Crippen molar-refractivity contribution in [1.29, 1.82) is 0 Å². The molecular formula is C17H18N4OS. The first kappa shape index (κ1) is 15.6. The summed E-state index contributed by atoms with van der Waals surface area (Å²) < 4.78 is 6.97. The molecule has 0 fully saturated rings. The number of benzene rings is 2. The van der Waals surface area contributed by atoms with Crippen molar-refractivity contribution in [3.63, 3.8) is 0 Å². The van der Waals surface area contributed by atoms with Gasteiger partial charge in [-0.25, -0.2) is 0 Å². The van der Waals surface area contributed by atoms with Crippen LogP contribution in [0.1, 0.15) is 11.1 Å². The average Bonchev–Trinajstić information content (AvgIpc) is 3.04. The van der Waals surface area contributed by atoms with Crippen molar-refractivity contribution in [2.45, 2.75) is 18.5 Å². The number of hydrogen-bond acceptors (Lipinski definition) is 5. The van der Waals surface area contributed by atoms with E-state index in [1.165, 1.54) is 5.56 Å². The minimum atomic E-state index is 0.813. The molecule has 0 N–H and O–H groups in total. The summed E-state index contributed by atoms with van der Waals surface area (Å²) in [6.07, 6.45) is 0.954. The molecule has 2 aromatic carbocycles. The van der Waals surface area contributed by atoms with Crippen molar-refractivity contribution in [3.05, 3.63) is 59.7 Å². The molecule has 0 aliphatic carbocycles. The molecule has 0 atom stereocenters. The molecule has 0 radical (unpaired) electrons. The van der Waals surface area contributed by atoms with Crippen LogP contribution in [-0.2, 0) is 6.42 Å². The predicted octanol–water partition coefficient (Wildman–Crippen LogP) is 3.31. The van der Waals surface area contributed by atoms with E-state index in [2.05, 4.69) is 40.6 Å². The summed E-state index contributed by atoms with van der Waals surface area (Å²) in [7, 11) is 1.68. The maximum atomic E-state index is 5.17. The van der Waals surface area contributed by atoms with Gasteiger partial charge < -0.3 is 4.74 Å². The Balaban J connectivity index is 1.65. The number of rotatable bonds is 6. The van der Waals surface area contributed by atoms with Crippen molar-refractivity contribution < 1.29 is 4.74 Å². The van der Waals surface area contributed by atoms with E-state index in [4.69, 9.17) is 4.74 Å². The lowest BCUT2D eigenvalue weighted by Gasteiger charge is -2.07. The fourth-order valence-electron chi connectivity index (χ4n) is 2.27. The van der Waals surface area contributed by atoms with E-state index in [0.717, 1.165) is 34.3 Å². The molecule has 1 aromatic heterocycles. The monoisotopic (exact) mass is 326 g/mol. The highest BCUT2D eigenvalue weighted by atomic mass is 32.2. The maximum Gasteiger partial charge on any atom is 0.214 e. The lowest BCUT2D eigenvalue weighted by molar-refractivity contribution is 0.414. The van der Waals surface area contributed by atoms with Crippen molar-refractivity contribution in [2.24, 2.45) is 0 Å². The van der Waals surface area contributed by atoms with E-state index >= 15 is 0 Å². The first-order chi connectivity index (χ1) is 11.3. The van der Waals surface area contributed by atoms with Gasteiger partial charge in [0.1, 0.15) is 5.75 Å². The Labute approximate surface area is 139 Å². The molecule has 118 valence electrons. The molecule has 6 heteroatoms. The average molecular weight is 326 g/mol. The Morgan fingerprint density at radius 3 is 2.61 bits per heavy atom. The fraction of sp³-hybridized carbons (Fsp3) is 0.235. The first-order valence-electron chi connectivity index (χ1n) is 7.38. The molecule has 0 saturated heterocycles. The third-order valence-electron chi connectivity index (χ3n) is 3.57. The number of para-hydroxylation sites is 1. The van der Waals surface area contributed by atoms with Crippen LogP contribution in [0.4, 0.5) is 0 Å². The number of thioether (sulfide) groups is 1. The highest BCUT2D eigenvalue weighted by Crippen LogP contribution is 2.21. The van der Waals surface area contributed by atoms with E-state index in [1.54, 1.807) is 23.6 Å². The van der Waals surface area contributed by atoms with Crippen molar-refractivity contribution in [3.8, 4) is 11.4 Å². The zero-order valence-corrected chi connectivity index (χ0v) is 14.0. The molecule has 0 saturated carbocycles. The number of ether oxygens (including phenoxy) is 1. The van der Waals surface area contributed by atoms with Gasteiger partial charge in [-0.05, 0) is 53.1 Å². The van der Waals surface area contributed by atoms with Gasteiger partial charge in [-0.15, -0.1) is 5.10 Å². The molecular weight excluding hydrogens is 308 g/mol. The summed E-state index contributed by atoms with van der Waals surface area (Å²) >= 11 is 1.66. The van der Waals surface area contributed by atoms with Crippen LogP contribution < -0.4 is 4.74 Å². The Hall–Kier alpha value is -2.34. The number of tetrazole rings is 1.